The Labute approximate surface area is 159 Å². The fourth-order valence-corrected chi connectivity index (χ4v) is 4.41. The van der Waals surface area contributed by atoms with Crippen molar-refractivity contribution in [3.8, 4) is 6.07 Å². The highest BCUT2D eigenvalue weighted by Gasteiger charge is 2.34. The van der Waals surface area contributed by atoms with Crippen LogP contribution in [0.2, 0.25) is 0 Å². The van der Waals surface area contributed by atoms with Crippen molar-refractivity contribution in [1.29, 1.82) is 5.26 Å². The number of hydrogen-bond acceptors (Lipinski definition) is 4. The van der Waals surface area contributed by atoms with Crippen LogP contribution in [0.5, 0.6) is 0 Å². The van der Waals surface area contributed by atoms with Crippen LogP contribution in [0.1, 0.15) is 23.1 Å². The highest BCUT2D eigenvalue weighted by atomic mass is 32.2. The smallest absolute Gasteiger partial charge is 0.241 e. The summed E-state index contributed by atoms with van der Waals surface area (Å²) in [5.41, 5.74) is 2.34. The largest absolute Gasteiger partial charge is 0.337 e. The average molecular weight is 383 g/mol. The van der Waals surface area contributed by atoms with Crippen LogP contribution in [0, 0.1) is 11.3 Å². The van der Waals surface area contributed by atoms with Gasteiger partial charge in [0, 0.05) is 13.1 Å². The highest BCUT2D eigenvalue weighted by Crippen LogP contribution is 2.17. The zero-order valence-electron chi connectivity index (χ0n) is 14.8. The number of carbonyl (C=O) groups is 1. The van der Waals surface area contributed by atoms with Gasteiger partial charge < -0.3 is 4.90 Å². The normalized spacial score (nSPS) is 17.1. The third-order valence-electron chi connectivity index (χ3n) is 4.55. The Morgan fingerprint density at radius 1 is 1.11 bits per heavy atom. The molecular formula is C20H21N3O3S. The molecule has 140 valence electrons. The quantitative estimate of drug-likeness (QED) is 0.790. The molecule has 1 heterocycles. The number of rotatable bonds is 7. The molecule has 1 atom stereocenters. The van der Waals surface area contributed by atoms with Gasteiger partial charge in [0.25, 0.3) is 0 Å². The number of sulfonamides is 1. The van der Waals surface area contributed by atoms with E-state index in [1.54, 1.807) is 23.1 Å². The zero-order chi connectivity index (χ0) is 19.3. The van der Waals surface area contributed by atoms with E-state index in [1.165, 1.54) is 0 Å². The first kappa shape index (κ1) is 19.1. The van der Waals surface area contributed by atoms with Crippen LogP contribution in [0.3, 0.4) is 0 Å². The maximum atomic E-state index is 12.6. The van der Waals surface area contributed by atoms with Crippen LogP contribution in [-0.4, -0.2) is 37.6 Å². The topological polar surface area (TPSA) is 90.3 Å². The highest BCUT2D eigenvalue weighted by molar-refractivity contribution is 7.89. The van der Waals surface area contributed by atoms with Crippen LogP contribution < -0.4 is 4.72 Å². The summed E-state index contributed by atoms with van der Waals surface area (Å²) in [4.78, 5) is 14.2. The van der Waals surface area contributed by atoms with Crippen LogP contribution in [0.4, 0.5) is 0 Å². The van der Waals surface area contributed by atoms with Gasteiger partial charge in [-0.15, -0.1) is 0 Å². The Bertz CT molecular complexity index is 952. The molecule has 1 saturated heterocycles. The van der Waals surface area contributed by atoms with Gasteiger partial charge in [-0.3, -0.25) is 4.79 Å². The van der Waals surface area contributed by atoms with E-state index in [0.717, 1.165) is 11.1 Å². The molecule has 1 fully saturated rings. The fourth-order valence-electron chi connectivity index (χ4n) is 3.14. The minimum absolute atomic E-state index is 0.0506. The van der Waals surface area contributed by atoms with Crippen molar-refractivity contribution in [3.05, 3.63) is 71.3 Å². The third kappa shape index (κ3) is 5.16. The van der Waals surface area contributed by atoms with E-state index in [9.17, 15) is 13.2 Å². The van der Waals surface area contributed by atoms with E-state index in [2.05, 4.69) is 10.8 Å². The Morgan fingerprint density at radius 2 is 1.85 bits per heavy atom. The van der Waals surface area contributed by atoms with Gasteiger partial charge in [-0.05, 0) is 36.1 Å². The molecule has 0 spiro atoms. The van der Waals surface area contributed by atoms with E-state index in [0.29, 0.717) is 31.5 Å². The van der Waals surface area contributed by atoms with E-state index in [-0.39, 0.29) is 11.7 Å². The molecule has 0 aromatic heterocycles. The molecule has 3 rings (SSSR count). The first-order valence-corrected chi connectivity index (χ1v) is 10.4. The fraction of sp³-hybridized carbons (Fsp3) is 0.300. The van der Waals surface area contributed by atoms with Crippen molar-refractivity contribution in [2.45, 2.75) is 25.4 Å². The van der Waals surface area contributed by atoms with Crippen molar-refractivity contribution in [3.63, 3.8) is 0 Å². The number of benzene rings is 2. The number of nitrogens with one attached hydrogen (secondary N) is 1. The summed E-state index contributed by atoms with van der Waals surface area (Å²) in [5.74, 6) is -0.272. The van der Waals surface area contributed by atoms with Crippen LogP contribution in [0.25, 0.3) is 0 Å². The predicted molar refractivity (Wildman–Crippen MR) is 102 cm³/mol. The van der Waals surface area contributed by atoms with Crippen LogP contribution in [-0.2, 0) is 27.8 Å². The lowest BCUT2D eigenvalue weighted by molar-refractivity contribution is -0.129. The molecule has 2 aromatic carbocycles. The molecule has 0 saturated carbocycles. The van der Waals surface area contributed by atoms with Gasteiger partial charge in [0.1, 0.15) is 6.04 Å². The molecule has 7 heteroatoms. The molecule has 0 bridgehead atoms. The molecule has 1 amide bonds. The molecular weight excluding hydrogens is 362 g/mol. The Hall–Kier alpha value is -2.69. The zero-order valence-corrected chi connectivity index (χ0v) is 15.7. The molecule has 2 aromatic rings. The van der Waals surface area contributed by atoms with Gasteiger partial charge in [-0.25, -0.2) is 13.1 Å². The van der Waals surface area contributed by atoms with Crippen molar-refractivity contribution < 1.29 is 13.2 Å². The second-order valence-electron chi connectivity index (χ2n) is 6.59. The summed E-state index contributed by atoms with van der Waals surface area (Å²) in [5, 5.41) is 8.97. The Kier molecular flexibility index (Phi) is 5.89. The minimum Gasteiger partial charge on any atom is -0.337 e. The average Bonchev–Trinajstić information content (AvgIpc) is 3.00. The molecule has 1 aliphatic heterocycles. The van der Waals surface area contributed by atoms with Gasteiger partial charge in [0.15, 0.2) is 0 Å². The Balaban J connectivity index is 1.57. The molecule has 1 N–H and O–H groups in total. The molecule has 1 aliphatic rings. The lowest BCUT2D eigenvalue weighted by Gasteiger charge is -2.17. The second kappa shape index (κ2) is 8.33. The number of nitrogens with zero attached hydrogens (tertiary/aromatic N) is 2. The first-order chi connectivity index (χ1) is 13.0. The predicted octanol–water partition coefficient (Wildman–Crippen LogP) is 1.82. The van der Waals surface area contributed by atoms with Crippen LogP contribution >= 0.6 is 0 Å². The number of aryl methyl sites for hydroxylation is 1. The summed E-state index contributed by atoms with van der Waals surface area (Å²) >= 11 is 0. The number of likely N-dealkylation sites (tertiary alicyclic amines) is 1. The minimum atomic E-state index is -3.54. The third-order valence-corrected chi connectivity index (χ3v) is 5.94. The van der Waals surface area contributed by atoms with Crippen molar-refractivity contribution in [2.75, 3.05) is 12.3 Å². The summed E-state index contributed by atoms with van der Waals surface area (Å²) in [6.07, 6.45) is 0.850. The summed E-state index contributed by atoms with van der Waals surface area (Å²) in [7, 11) is -3.54. The van der Waals surface area contributed by atoms with E-state index in [4.69, 9.17) is 5.26 Å². The first-order valence-electron chi connectivity index (χ1n) is 8.78. The molecule has 0 aliphatic carbocycles. The molecule has 0 radical (unpaired) electrons. The SMILES string of the molecule is N#Cc1cccc(CN2CC[C@H](NS(=O)(=O)CCc3ccccc3)C2=O)c1. The molecule has 6 nitrogen and oxygen atoms in total. The van der Waals surface area contributed by atoms with E-state index in [1.807, 2.05) is 36.4 Å². The van der Waals surface area contributed by atoms with Gasteiger partial charge in [-0.1, -0.05) is 42.5 Å². The van der Waals surface area contributed by atoms with Crippen molar-refractivity contribution in [1.82, 2.24) is 9.62 Å². The maximum absolute atomic E-state index is 12.6. The monoisotopic (exact) mass is 383 g/mol. The maximum Gasteiger partial charge on any atom is 0.241 e. The number of carbonyl (C=O) groups excluding carboxylic acids is 1. The number of hydrogen-bond donors (Lipinski definition) is 1. The Morgan fingerprint density at radius 3 is 2.59 bits per heavy atom. The summed E-state index contributed by atoms with van der Waals surface area (Å²) in [6.45, 7) is 0.859. The van der Waals surface area contributed by atoms with E-state index < -0.39 is 16.1 Å². The lowest BCUT2D eigenvalue weighted by atomic mass is 10.1. The van der Waals surface area contributed by atoms with Crippen LogP contribution in [0.15, 0.2) is 54.6 Å². The number of amides is 1. The van der Waals surface area contributed by atoms with Crippen molar-refractivity contribution in [2.24, 2.45) is 0 Å². The molecule has 27 heavy (non-hydrogen) atoms. The van der Waals surface area contributed by atoms with E-state index >= 15 is 0 Å². The lowest BCUT2D eigenvalue weighted by Crippen LogP contribution is -2.42. The van der Waals surface area contributed by atoms with Gasteiger partial charge in [0.05, 0.1) is 17.4 Å². The number of nitriles is 1. The van der Waals surface area contributed by atoms with Crippen molar-refractivity contribution >= 4 is 15.9 Å². The van der Waals surface area contributed by atoms with Gasteiger partial charge in [-0.2, -0.15) is 5.26 Å². The van der Waals surface area contributed by atoms with Gasteiger partial charge >= 0.3 is 0 Å². The molecule has 0 unspecified atom stereocenters. The summed E-state index contributed by atoms with van der Waals surface area (Å²) < 4.78 is 27.2. The summed E-state index contributed by atoms with van der Waals surface area (Å²) in [6, 6.07) is 17.8. The second-order valence-corrected chi connectivity index (χ2v) is 8.46. The van der Waals surface area contributed by atoms with Gasteiger partial charge in [0.2, 0.25) is 15.9 Å². The standard InChI is InChI=1S/C20H21N3O3S/c21-14-17-7-4-8-18(13-17)15-23-11-9-19(20(23)24)22-27(25,26)12-10-16-5-2-1-3-6-16/h1-8,13,19,22H,9-12,15H2/t19-/m0/s1.